The van der Waals surface area contributed by atoms with Crippen molar-refractivity contribution in [2.75, 3.05) is 4.90 Å². The third kappa shape index (κ3) is 2.44. The first-order chi connectivity index (χ1) is 9.41. The number of nitrogens with zero attached hydrogens (tertiary/aromatic N) is 3. The van der Waals surface area contributed by atoms with Crippen LogP contribution in [-0.2, 0) is 0 Å². The second-order valence-electron chi connectivity index (χ2n) is 4.37. The Labute approximate surface area is 112 Å². The van der Waals surface area contributed by atoms with Crippen LogP contribution in [0.5, 0.6) is 0 Å². The number of benzene rings is 1. The number of halogens is 2. The molecule has 0 saturated heterocycles. The van der Waals surface area contributed by atoms with Crippen molar-refractivity contribution in [3.8, 4) is 0 Å². The summed E-state index contributed by atoms with van der Waals surface area (Å²) in [5.41, 5.74) is -0.845. The van der Waals surface area contributed by atoms with Gasteiger partial charge in [0.1, 0.15) is 18.0 Å². The normalized spacial score (nSPS) is 10.8. The second-order valence-corrected chi connectivity index (χ2v) is 4.37. The predicted molar refractivity (Wildman–Crippen MR) is 67.6 cm³/mol. The zero-order valence-corrected chi connectivity index (χ0v) is 10.8. The van der Waals surface area contributed by atoms with Crippen LogP contribution < -0.4 is 10.6 Å². The molecule has 0 bridgehead atoms. The van der Waals surface area contributed by atoms with Gasteiger partial charge in [0, 0.05) is 12.1 Å². The molecular weight excluding hydrogens is 270 g/mol. The Morgan fingerprint density at radius 1 is 1.40 bits per heavy atom. The highest BCUT2D eigenvalue weighted by Gasteiger charge is 2.25. The monoisotopic (exact) mass is 282 g/mol. The minimum absolute atomic E-state index is 0.112. The number of aromatic nitrogens is 3. The summed E-state index contributed by atoms with van der Waals surface area (Å²) in [5.74, 6) is -1.63. The van der Waals surface area contributed by atoms with E-state index in [1.165, 1.54) is 0 Å². The molecule has 1 N–H and O–H groups in total. The summed E-state index contributed by atoms with van der Waals surface area (Å²) in [6, 6.07) is 1.65. The van der Waals surface area contributed by atoms with Crippen molar-refractivity contribution in [1.82, 2.24) is 14.8 Å². The summed E-state index contributed by atoms with van der Waals surface area (Å²) in [7, 11) is 0. The average Bonchev–Trinajstić information content (AvgIpc) is 2.78. The molecule has 1 amide bonds. The van der Waals surface area contributed by atoms with Gasteiger partial charge in [-0.2, -0.15) is 9.67 Å². The smallest absolute Gasteiger partial charge is 0.288 e. The zero-order chi connectivity index (χ0) is 14.9. The first-order valence-corrected chi connectivity index (χ1v) is 5.82. The molecule has 106 valence electrons. The molecule has 8 heteroatoms. The van der Waals surface area contributed by atoms with Crippen LogP contribution >= 0.6 is 0 Å². The summed E-state index contributed by atoms with van der Waals surface area (Å²) in [5, 5.41) is 5.51. The van der Waals surface area contributed by atoms with Gasteiger partial charge in [0.15, 0.2) is 0 Å². The molecule has 1 aromatic carbocycles. The molecule has 6 nitrogen and oxygen atoms in total. The van der Waals surface area contributed by atoms with E-state index in [1.54, 1.807) is 13.8 Å². The van der Waals surface area contributed by atoms with Crippen LogP contribution in [0, 0.1) is 11.6 Å². The van der Waals surface area contributed by atoms with Gasteiger partial charge in [-0.25, -0.2) is 23.5 Å². The van der Waals surface area contributed by atoms with E-state index in [-0.39, 0.29) is 5.69 Å². The lowest BCUT2D eigenvalue weighted by Crippen LogP contribution is -2.43. The van der Waals surface area contributed by atoms with E-state index < -0.39 is 29.4 Å². The van der Waals surface area contributed by atoms with Crippen molar-refractivity contribution < 1.29 is 13.6 Å². The lowest BCUT2D eigenvalue weighted by Gasteiger charge is -2.26. The number of H-pyrrole nitrogens is 1. The Morgan fingerprint density at radius 3 is 2.60 bits per heavy atom. The van der Waals surface area contributed by atoms with Crippen LogP contribution in [0.2, 0.25) is 0 Å². The van der Waals surface area contributed by atoms with Crippen molar-refractivity contribution in [1.29, 1.82) is 0 Å². The Hall–Kier alpha value is -2.51. The molecule has 1 aromatic heterocycles. The number of carbonyl (C=O) groups excluding carboxylic acids is 1. The SMILES string of the molecule is CC(C)N(C(=O)n1cn[nH]c1=O)c1ccc(F)cc1F. The molecule has 0 atom stereocenters. The third-order valence-electron chi connectivity index (χ3n) is 2.65. The first kappa shape index (κ1) is 13.9. The number of aromatic amines is 1. The standard InChI is InChI=1S/C12H12F2N4O2/c1-7(2)18(10-4-3-8(13)5-9(10)14)12(20)17-6-15-16-11(17)19/h3-7H,1-2H3,(H,16,19). The van der Waals surface area contributed by atoms with Gasteiger partial charge < -0.3 is 0 Å². The minimum atomic E-state index is -0.886. The lowest BCUT2D eigenvalue weighted by molar-refractivity contribution is 0.245. The zero-order valence-electron chi connectivity index (χ0n) is 10.8. The summed E-state index contributed by atoms with van der Waals surface area (Å²) >= 11 is 0. The summed E-state index contributed by atoms with van der Waals surface area (Å²) in [6.07, 6.45) is 1.00. The summed E-state index contributed by atoms with van der Waals surface area (Å²) < 4.78 is 27.5. The molecule has 0 aliphatic rings. The average molecular weight is 282 g/mol. The van der Waals surface area contributed by atoms with E-state index in [4.69, 9.17) is 0 Å². The fraction of sp³-hybridized carbons (Fsp3) is 0.250. The van der Waals surface area contributed by atoms with E-state index in [0.717, 1.165) is 23.4 Å². The molecule has 0 aliphatic heterocycles. The Bertz CT molecular complexity index is 693. The molecule has 0 unspecified atom stereocenters. The fourth-order valence-electron chi connectivity index (χ4n) is 1.78. The topological polar surface area (TPSA) is 71.0 Å². The van der Waals surface area contributed by atoms with Crippen molar-refractivity contribution in [2.45, 2.75) is 19.9 Å². The van der Waals surface area contributed by atoms with Crippen LogP contribution in [0.1, 0.15) is 13.8 Å². The molecular formula is C12H12F2N4O2. The Balaban J connectivity index is 2.49. The molecule has 0 aliphatic carbocycles. The van der Waals surface area contributed by atoms with Gasteiger partial charge in [0.2, 0.25) is 0 Å². The number of rotatable bonds is 2. The van der Waals surface area contributed by atoms with Gasteiger partial charge in [-0.3, -0.25) is 4.90 Å². The molecule has 0 saturated carbocycles. The van der Waals surface area contributed by atoms with Crippen LogP contribution in [0.15, 0.2) is 29.3 Å². The molecule has 0 spiro atoms. The molecule has 0 fully saturated rings. The Kier molecular flexibility index (Phi) is 3.64. The van der Waals surface area contributed by atoms with Gasteiger partial charge in [-0.1, -0.05) is 0 Å². The second kappa shape index (κ2) is 5.24. The molecule has 2 rings (SSSR count). The summed E-state index contributed by atoms with van der Waals surface area (Å²) in [6.45, 7) is 3.29. The maximum absolute atomic E-state index is 13.8. The van der Waals surface area contributed by atoms with Gasteiger partial charge in [-0.15, -0.1) is 0 Å². The lowest BCUT2D eigenvalue weighted by atomic mass is 10.2. The van der Waals surface area contributed by atoms with E-state index >= 15 is 0 Å². The maximum Gasteiger partial charge on any atom is 0.351 e. The van der Waals surface area contributed by atoms with Crippen molar-refractivity contribution in [3.63, 3.8) is 0 Å². The highest BCUT2D eigenvalue weighted by Crippen LogP contribution is 2.23. The van der Waals surface area contributed by atoms with E-state index in [9.17, 15) is 18.4 Å². The van der Waals surface area contributed by atoms with E-state index in [2.05, 4.69) is 10.2 Å². The van der Waals surface area contributed by atoms with Crippen molar-refractivity contribution in [3.05, 3.63) is 46.6 Å². The van der Waals surface area contributed by atoms with Gasteiger partial charge in [-0.05, 0) is 26.0 Å². The highest BCUT2D eigenvalue weighted by atomic mass is 19.1. The number of hydrogen-bond acceptors (Lipinski definition) is 3. The fourth-order valence-corrected chi connectivity index (χ4v) is 1.78. The first-order valence-electron chi connectivity index (χ1n) is 5.82. The van der Waals surface area contributed by atoms with Crippen LogP contribution in [-0.4, -0.2) is 26.8 Å². The summed E-state index contributed by atoms with van der Waals surface area (Å²) in [4.78, 5) is 24.7. The highest BCUT2D eigenvalue weighted by molar-refractivity contribution is 5.93. The van der Waals surface area contributed by atoms with E-state index in [0.29, 0.717) is 10.6 Å². The van der Waals surface area contributed by atoms with Crippen molar-refractivity contribution >= 4 is 11.7 Å². The molecule has 2 aromatic rings. The minimum Gasteiger partial charge on any atom is -0.288 e. The molecule has 0 radical (unpaired) electrons. The van der Waals surface area contributed by atoms with Gasteiger partial charge in [0.05, 0.1) is 5.69 Å². The number of hydrogen-bond donors (Lipinski definition) is 1. The quantitative estimate of drug-likeness (QED) is 0.911. The number of anilines is 1. The van der Waals surface area contributed by atoms with E-state index in [1.807, 2.05) is 0 Å². The van der Waals surface area contributed by atoms with Crippen molar-refractivity contribution in [2.24, 2.45) is 0 Å². The largest absolute Gasteiger partial charge is 0.351 e. The predicted octanol–water partition coefficient (Wildman–Crippen LogP) is 1.73. The number of nitrogens with one attached hydrogen (secondary N) is 1. The number of carbonyl (C=O) groups is 1. The van der Waals surface area contributed by atoms with Crippen LogP contribution in [0.25, 0.3) is 0 Å². The maximum atomic E-state index is 13.8. The Morgan fingerprint density at radius 2 is 2.10 bits per heavy atom. The van der Waals surface area contributed by atoms with Gasteiger partial charge >= 0.3 is 11.7 Å². The van der Waals surface area contributed by atoms with Gasteiger partial charge in [0.25, 0.3) is 0 Å². The van der Waals surface area contributed by atoms with Crippen LogP contribution in [0.4, 0.5) is 19.3 Å². The molecule has 1 heterocycles. The van der Waals surface area contributed by atoms with Crippen LogP contribution in [0.3, 0.4) is 0 Å². The number of amides is 1. The third-order valence-corrected chi connectivity index (χ3v) is 2.65. The molecule has 20 heavy (non-hydrogen) atoms.